The number of nitrogen functional groups attached to an aromatic ring is 1. The van der Waals surface area contributed by atoms with Crippen molar-refractivity contribution in [2.45, 2.75) is 213 Å². The second-order valence-electron chi connectivity index (χ2n) is 33.4. The zero-order valence-corrected chi connectivity index (χ0v) is 79.6. The normalized spacial score (nSPS) is 19.2. The molecule has 3 aromatic heterocycles. The molecule has 118 heavy (non-hydrogen) atoms. The summed E-state index contributed by atoms with van der Waals surface area (Å²) < 4.78 is 17.8. The van der Waals surface area contributed by atoms with Crippen LogP contribution in [0.5, 0.6) is 0 Å². The summed E-state index contributed by atoms with van der Waals surface area (Å²) in [6.45, 7) is 30.2. The number of anilines is 5. The number of fused-ring (bicyclic) bond motifs is 4. The first-order chi connectivity index (χ1) is 55.0. The summed E-state index contributed by atoms with van der Waals surface area (Å²) in [5, 5.41) is 25.1. The standard InChI is InChI=1S/C24H32N4O2S.C19H27BrN2O2.C19H24N4S.C19H29N3O2.C6H7NS2.C2H6O.2ClH.HI/c1-24(2,3)30-23(29)27-13-11-19(16-27)28-12-5-4-7-17-15-18(9-10-20(17)28)26-22(25)21-8-6-14-31-21;1-19(2,3)24-18(23)21-11-9-16(13-21)22-10-5-4-6-14-12-15(20)7-8-17(14)22;20-19(18-5-3-11-24-18)22-15-6-7-17-14(12-15)4-1-2-10-23(17)16-8-9-21-13-16;1-19(2,3)24-18(23)21-11-9-16(13-21)22-10-5-4-6-14-12-15(20)7-8-17(14)22;1-8-6(7)5-3-2-4-9-5;1-2-3;;;/h6,8-10,14-15,19H,4-5,7,11-13,16H2,1-3H3,(H2,25,26);7-8,12,16H,4-6,9-11,13H2,1-3H3;3,5-7,11-12,16,21H,1-2,4,8-10,13H2,(H2,20,22);7-8,12,16H,4-6,9-11,13,20H2,1-3H3;2-4,7H,1H3;3H,2H2,1H3;3*1H. The van der Waals surface area contributed by atoms with Gasteiger partial charge in [0.1, 0.15) is 33.5 Å². The molecule has 3 amide bonds. The Labute approximate surface area is 755 Å². The number of thioether (sulfide) groups is 1. The number of aliphatic imine (C=N–C) groups is 2. The van der Waals surface area contributed by atoms with Crippen molar-refractivity contribution in [2.24, 2.45) is 21.5 Å². The number of aryl methyl sites for hydroxylation is 4. The lowest BCUT2D eigenvalue weighted by Gasteiger charge is -2.32. The van der Waals surface area contributed by atoms with E-state index in [2.05, 4.69) is 118 Å². The van der Waals surface area contributed by atoms with Crippen molar-refractivity contribution in [2.75, 3.05) is 117 Å². The zero-order valence-electron chi connectivity index (χ0n) is 70.8. The number of likely N-dealkylation sites (tertiary alicyclic amines) is 3. The topological polar surface area (TPSA) is 260 Å². The number of hydrogen-bond donors (Lipinski definition) is 6. The van der Waals surface area contributed by atoms with Crippen LogP contribution in [-0.2, 0) is 39.9 Å². The fourth-order valence-corrected chi connectivity index (χ4v) is 18.8. The third kappa shape index (κ3) is 29.3. The summed E-state index contributed by atoms with van der Waals surface area (Å²) >= 11 is 9.90. The van der Waals surface area contributed by atoms with Crippen LogP contribution in [0.15, 0.2) is 140 Å². The van der Waals surface area contributed by atoms with E-state index >= 15 is 0 Å². The van der Waals surface area contributed by atoms with Crippen molar-refractivity contribution in [3.63, 3.8) is 0 Å². The minimum atomic E-state index is -0.466. The highest BCUT2D eigenvalue weighted by atomic mass is 127. The van der Waals surface area contributed by atoms with E-state index in [9.17, 15) is 14.4 Å². The van der Waals surface area contributed by atoms with Gasteiger partial charge in [0.25, 0.3) is 0 Å². The zero-order chi connectivity index (χ0) is 82.4. The van der Waals surface area contributed by atoms with Crippen LogP contribution in [0.4, 0.5) is 54.2 Å². The van der Waals surface area contributed by atoms with E-state index in [4.69, 9.17) is 41.9 Å². The van der Waals surface area contributed by atoms with Gasteiger partial charge in [0.15, 0.2) is 0 Å². The monoisotopic (exact) mass is 1910 g/mol. The van der Waals surface area contributed by atoms with Gasteiger partial charge in [-0.2, -0.15) is 0 Å². The summed E-state index contributed by atoms with van der Waals surface area (Å²) in [4.78, 5) is 65.2. The predicted molar refractivity (Wildman–Crippen MR) is 516 cm³/mol. The average molecular weight is 1910 g/mol. The van der Waals surface area contributed by atoms with E-state index in [-0.39, 0.29) is 73.7 Å². The lowest BCUT2D eigenvalue weighted by molar-refractivity contribution is 0.0282. The van der Waals surface area contributed by atoms with E-state index in [0.29, 0.717) is 47.4 Å². The molecule has 0 radical (unpaired) electrons. The van der Waals surface area contributed by atoms with Crippen LogP contribution >= 0.6 is 110 Å². The number of carbonyl (C=O) groups excluding carboxylic acids is 3. The van der Waals surface area contributed by atoms with Crippen molar-refractivity contribution in [1.82, 2.24) is 20.0 Å². The number of nitrogens with one attached hydrogen (secondary N) is 2. The highest BCUT2D eigenvalue weighted by Crippen LogP contribution is 2.39. The Morgan fingerprint density at radius 1 is 0.508 bits per heavy atom. The van der Waals surface area contributed by atoms with Crippen LogP contribution in [0.1, 0.15) is 183 Å². The molecular formula is C89H128BrCl2IN14O7S4. The van der Waals surface area contributed by atoms with Gasteiger partial charge in [0.2, 0.25) is 0 Å². The minimum absolute atomic E-state index is 0. The van der Waals surface area contributed by atoms with Crippen molar-refractivity contribution < 1.29 is 33.7 Å². The molecule has 0 saturated carbocycles. The number of aliphatic hydroxyl groups excluding tert-OH is 1. The number of benzene rings is 4. The van der Waals surface area contributed by atoms with Gasteiger partial charge in [0, 0.05) is 136 Å². The molecule has 9 N–H and O–H groups in total. The predicted octanol–water partition coefficient (Wildman–Crippen LogP) is 20.1. The first-order valence-corrected chi connectivity index (χ1v) is 45.9. The molecule has 15 rings (SSSR count). The molecule has 0 aliphatic carbocycles. The third-order valence-electron chi connectivity index (χ3n) is 21.1. The molecular weight excluding hydrogens is 1780 g/mol. The molecule has 8 aliphatic heterocycles. The lowest BCUT2D eigenvalue weighted by Crippen LogP contribution is -2.41. The van der Waals surface area contributed by atoms with Crippen molar-refractivity contribution in [3.05, 3.63) is 167 Å². The quantitative estimate of drug-likeness (QED) is 0.0258. The number of carbonyl (C=O) groups is 3. The number of amidine groups is 2. The van der Waals surface area contributed by atoms with Crippen LogP contribution in [0.2, 0.25) is 0 Å². The molecule has 7 aromatic rings. The fraction of sp³-hybridized carbons (Fsp3) is 0.528. The second-order valence-corrected chi connectivity index (χ2v) is 38.0. The molecule has 21 nitrogen and oxygen atoms in total. The lowest BCUT2D eigenvalue weighted by atomic mass is 10.1. The van der Waals surface area contributed by atoms with Gasteiger partial charge in [0.05, 0.1) is 26.0 Å². The Balaban J connectivity index is 0.000000206. The number of amides is 3. The Hall–Kier alpha value is -6.54. The molecule has 11 heterocycles. The Morgan fingerprint density at radius 3 is 1.19 bits per heavy atom. The second kappa shape index (κ2) is 47.2. The number of nitrogens with zero attached hydrogens (tertiary/aromatic N) is 9. The SMILES string of the molecule is CC(C)(C)OC(=O)N1CCC(N2CCCCc3cc(Br)ccc32)C1.CC(C)(C)OC(=O)N1CCC(N2CCCCc3cc(N)ccc32)C1.CC(C)(C)OC(=O)N1CCC(N2CCCCc3cc(N=C(N)c4cccs4)ccc32)C1.CCO.CSC(=N)c1cccs1.Cl.Cl.I.NC(=Nc1ccc2c(c1)CCCCN2C1CCNC1)c1cccs1. The van der Waals surface area contributed by atoms with Gasteiger partial charge in [-0.15, -0.1) is 94.6 Å². The van der Waals surface area contributed by atoms with Crippen LogP contribution in [0.3, 0.4) is 0 Å². The fourth-order valence-electron chi connectivity index (χ4n) is 15.9. The van der Waals surface area contributed by atoms with Gasteiger partial charge in [-0.25, -0.2) is 24.4 Å². The van der Waals surface area contributed by atoms with Gasteiger partial charge < -0.3 is 76.1 Å². The summed E-state index contributed by atoms with van der Waals surface area (Å²) in [5.41, 5.74) is 30.4. The molecule has 4 atom stereocenters. The summed E-state index contributed by atoms with van der Waals surface area (Å²) in [6.07, 6.45) is 19.5. The number of ether oxygens (including phenoxy) is 3. The molecule has 4 unspecified atom stereocenters. The van der Waals surface area contributed by atoms with Gasteiger partial charge in [-0.05, 0) is 314 Å². The Bertz CT molecular complexity index is 4240. The maximum Gasteiger partial charge on any atom is 0.410 e. The minimum Gasteiger partial charge on any atom is -0.444 e. The van der Waals surface area contributed by atoms with Crippen LogP contribution in [-0.4, -0.2) is 187 Å². The highest BCUT2D eigenvalue weighted by Gasteiger charge is 2.38. The van der Waals surface area contributed by atoms with Gasteiger partial charge >= 0.3 is 18.3 Å². The van der Waals surface area contributed by atoms with Crippen molar-refractivity contribution in [1.29, 1.82) is 5.41 Å². The molecule has 8 aliphatic rings. The largest absolute Gasteiger partial charge is 0.444 e. The highest BCUT2D eigenvalue weighted by molar-refractivity contribution is 14.0. The third-order valence-corrected chi connectivity index (χ3v) is 25.1. The number of thiophene rings is 3. The smallest absolute Gasteiger partial charge is 0.410 e. The van der Waals surface area contributed by atoms with Crippen molar-refractivity contribution in [3.8, 4) is 0 Å². The first-order valence-electron chi connectivity index (χ1n) is 41.2. The van der Waals surface area contributed by atoms with E-state index < -0.39 is 16.8 Å². The van der Waals surface area contributed by atoms with Crippen LogP contribution in [0.25, 0.3) is 0 Å². The molecule has 29 heteroatoms. The average Bonchev–Trinajstić information content (AvgIpc) is 1.64. The first kappa shape index (κ1) is 98.6. The van der Waals surface area contributed by atoms with E-state index in [0.717, 1.165) is 159 Å². The van der Waals surface area contributed by atoms with Crippen molar-refractivity contribution >= 4 is 185 Å². The maximum absolute atomic E-state index is 12.5. The molecule has 4 saturated heterocycles. The summed E-state index contributed by atoms with van der Waals surface area (Å²) in [7, 11) is 0. The number of rotatable bonds is 9. The number of hydrogen-bond acceptors (Lipinski definition) is 20. The number of nitrogens with two attached hydrogens (primary N) is 3. The Kier molecular flexibility index (Phi) is 39.4. The Morgan fingerprint density at radius 2 is 0.847 bits per heavy atom. The molecule has 0 spiro atoms. The van der Waals surface area contributed by atoms with Gasteiger partial charge in [-0.3, -0.25) is 5.41 Å². The van der Waals surface area contributed by atoms with E-state index in [1.807, 2.05) is 142 Å². The number of halogens is 4. The summed E-state index contributed by atoms with van der Waals surface area (Å²) in [5.74, 6) is 1.17. The maximum atomic E-state index is 12.5. The molecule has 0 bridgehead atoms. The van der Waals surface area contributed by atoms with Crippen LogP contribution < -0.4 is 42.1 Å². The summed E-state index contributed by atoms with van der Waals surface area (Å²) in [6, 6.07) is 39.4. The molecule has 4 fully saturated rings. The number of aliphatic hydroxyl groups is 1. The van der Waals surface area contributed by atoms with E-state index in [1.165, 1.54) is 108 Å². The van der Waals surface area contributed by atoms with Crippen LogP contribution in [0, 0.1) is 5.41 Å². The van der Waals surface area contributed by atoms with E-state index in [1.54, 1.807) is 40.9 Å². The van der Waals surface area contributed by atoms with Gasteiger partial charge in [-0.1, -0.05) is 34.1 Å². The molecule has 648 valence electrons. The molecule has 4 aromatic carbocycles.